The van der Waals surface area contributed by atoms with Gasteiger partial charge >= 0.3 is 0 Å². The third-order valence-corrected chi connectivity index (χ3v) is 3.97. The van der Waals surface area contributed by atoms with Gasteiger partial charge in [0.25, 0.3) is 0 Å². The second-order valence-electron chi connectivity index (χ2n) is 4.69. The van der Waals surface area contributed by atoms with Crippen LogP contribution in [0.3, 0.4) is 0 Å². The van der Waals surface area contributed by atoms with Crippen LogP contribution in [0, 0.1) is 11.8 Å². The Bertz CT molecular complexity index is 191. The lowest BCUT2D eigenvalue weighted by atomic mass is 9.68. The number of rotatable bonds is 4. The Morgan fingerprint density at radius 1 is 1.57 bits per heavy atom. The lowest BCUT2D eigenvalue weighted by molar-refractivity contribution is 0.116. The van der Waals surface area contributed by atoms with Crippen LogP contribution in [0.15, 0.2) is 12.7 Å². The van der Waals surface area contributed by atoms with E-state index < -0.39 is 0 Å². The Hall–Kier alpha value is -0.340. The molecular formula is C12H24N2. The third kappa shape index (κ3) is 2.18. The molecule has 0 aromatic rings. The van der Waals surface area contributed by atoms with Crippen LogP contribution < -0.4 is 11.1 Å². The van der Waals surface area contributed by atoms with Gasteiger partial charge in [-0.3, -0.25) is 0 Å². The molecule has 0 radical (unpaired) electrons. The summed E-state index contributed by atoms with van der Waals surface area (Å²) in [6, 6.07) is 0. The van der Waals surface area contributed by atoms with Gasteiger partial charge in [0.05, 0.1) is 0 Å². The first kappa shape index (κ1) is 11.7. The van der Waals surface area contributed by atoms with E-state index in [1.807, 2.05) is 6.08 Å². The first-order valence-electron chi connectivity index (χ1n) is 5.72. The minimum absolute atomic E-state index is 0.159. The molecule has 0 spiro atoms. The quantitative estimate of drug-likeness (QED) is 0.674. The first-order chi connectivity index (χ1) is 6.66. The van der Waals surface area contributed by atoms with E-state index in [9.17, 15) is 0 Å². The van der Waals surface area contributed by atoms with Crippen LogP contribution in [0.25, 0.3) is 0 Å². The van der Waals surface area contributed by atoms with Crippen molar-refractivity contribution in [1.29, 1.82) is 0 Å². The molecule has 1 rings (SSSR count). The molecule has 0 heterocycles. The van der Waals surface area contributed by atoms with Gasteiger partial charge in [-0.05, 0) is 18.3 Å². The fourth-order valence-corrected chi connectivity index (χ4v) is 2.65. The Balaban J connectivity index is 2.68. The first-order valence-corrected chi connectivity index (χ1v) is 5.72. The number of nitrogens with two attached hydrogens (primary N) is 1. The summed E-state index contributed by atoms with van der Waals surface area (Å²) in [5, 5.41) is 3.57. The smallest absolute Gasteiger partial charge is 0.0335 e. The standard InChI is InChI=1S/C12H24N2/c1-4-8-14-12(9-13)7-5-6-10(2)11(12)3/h4,10-11,14H,1,5-9,13H2,2-3H3. The summed E-state index contributed by atoms with van der Waals surface area (Å²) in [6.45, 7) is 10.0. The summed E-state index contributed by atoms with van der Waals surface area (Å²) in [6.07, 6.45) is 5.78. The minimum atomic E-state index is 0.159. The molecule has 3 atom stereocenters. The molecule has 1 fully saturated rings. The molecule has 1 aliphatic carbocycles. The van der Waals surface area contributed by atoms with Crippen LogP contribution in [0.1, 0.15) is 33.1 Å². The molecule has 0 aromatic carbocycles. The lowest BCUT2D eigenvalue weighted by Gasteiger charge is -2.46. The van der Waals surface area contributed by atoms with E-state index in [4.69, 9.17) is 5.73 Å². The van der Waals surface area contributed by atoms with Crippen LogP contribution in [0.2, 0.25) is 0 Å². The van der Waals surface area contributed by atoms with Crippen molar-refractivity contribution in [3.63, 3.8) is 0 Å². The van der Waals surface area contributed by atoms with Gasteiger partial charge in [0.15, 0.2) is 0 Å². The number of hydrogen-bond donors (Lipinski definition) is 2. The maximum Gasteiger partial charge on any atom is 0.0335 e. The Labute approximate surface area is 87.9 Å². The van der Waals surface area contributed by atoms with Crippen LogP contribution in [0.4, 0.5) is 0 Å². The third-order valence-electron chi connectivity index (χ3n) is 3.97. The van der Waals surface area contributed by atoms with Gasteiger partial charge in [0.2, 0.25) is 0 Å². The van der Waals surface area contributed by atoms with Crippen molar-refractivity contribution >= 4 is 0 Å². The van der Waals surface area contributed by atoms with E-state index in [2.05, 4.69) is 25.7 Å². The SMILES string of the molecule is C=CCNC1(CN)CCCC(C)C1C. The Kier molecular flexibility index (Phi) is 4.14. The molecule has 0 aromatic heterocycles. The molecule has 82 valence electrons. The highest BCUT2D eigenvalue weighted by Gasteiger charge is 2.39. The maximum absolute atomic E-state index is 5.93. The molecule has 14 heavy (non-hydrogen) atoms. The Morgan fingerprint density at radius 2 is 2.29 bits per heavy atom. The summed E-state index contributed by atoms with van der Waals surface area (Å²) < 4.78 is 0. The zero-order valence-electron chi connectivity index (χ0n) is 9.55. The van der Waals surface area contributed by atoms with Crippen molar-refractivity contribution in [2.45, 2.75) is 38.6 Å². The summed E-state index contributed by atoms with van der Waals surface area (Å²) in [4.78, 5) is 0. The van der Waals surface area contributed by atoms with E-state index in [0.29, 0.717) is 5.92 Å². The monoisotopic (exact) mass is 196 g/mol. The summed E-state index contributed by atoms with van der Waals surface area (Å²) in [5.41, 5.74) is 6.09. The zero-order chi connectivity index (χ0) is 10.6. The molecule has 1 aliphatic rings. The fourth-order valence-electron chi connectivity index (χ4n) is 2.65. The highest BCUT2D eigenvalue weighted by molar-refractivity contribution is 4.99. The van der Waals surface area contributed by atoms with Gasteiger partial charge in [-0.1, -0.05) is 32.8 Å². The largest absolute Gasteiger partial charge is 0.329 e. The van der Waals surface area contributed by atoms with Gasteiger partial charge in [-0.25, -0.2) is 0 Å². The average molecular weight is 196 g/mol. The average Bonchev–Trinajstić information content (AvgIpc) is 2.21. The fraction of sp³-hybridized carbons (Fsp3) is 0.833. The van der Waals surface area contributed by atoms with Gasteiger partial charge in [-0.15, -0.1) is 6.58 Å². The molecule has 3 unspecified atom stereocenters. The molecule has 0 amide bonds. The van der Waals surface area contributed by atoms with E-state index in [1.54, 1.807) is 0 Å². The zero-order valence-corrected chi connectivity index (χ0v) is 9.55. The lowest BCUT2D eigenvalue weighted by Crippen LogP contribution is -2.59. The second-order valence-corrected chi connectivity index (χ2v) is 4.69. The molecule has 0 aliphatic heterocycles. The van der Waals surface area contributed by atoms with Crippen LogP contribution in [0.5, 0.6) is 0 Å². The normalized spacial score (nSPS) is 38.2. The van der Waals surface area contributed by atoms with Crippen molar-refractivity contribution < 1.29 is 0 Å². The van der Waals surface area contributed by atoms with E-state index in [0.717, 1.165) is 19.0 Å². The van der Waals surface area contributed by atoms with Gasteiger partial charge in [0.1, 0.15) is 0 Å². The van der Waals surface area contributed by atoms with Crippen molar-refractivity contribution in [3.8, 4) is 0 Å². The van der Waals surface area contributed by atoms with Crippen molar-refractivity contribution in [1.82, 2.24) is 5.32 Å². The summed E-state index contributed by atoms with van der Waals surface area (Å²) in [5.74, 6) is 1.45. The van der Waals surface area contributed by atoms with E-state index >= 15 is 0 Å². The molecule has 2 nitrogen and oxygen atoms in total. The van der Waals surface area contributed by atoms with E-state index in [-0.39, 0.29) is 5.54 Å². The van der Waals surface area contributed by atoms with Crippen molar-refractivity contribution in [2.24, 2.45) is 17.6 Å². The van der Waals surface area contributed by atoms with E-state index in [1.165, 1.54) is 19.3 Å². The predicted octanol–water partition coefficient (Wildman–Crippen LogP) is 1.92. The van der Waals surface area contributed by atoms with Gasteiger partial charge in [0, 0.05) is 18.6 Å². The molecular weight excluding hydrogens is 172 g/mol. The molecule has 3 N–H and O–H groups in total. The van der Waals surface area contributed by atoms with Gasteiger partial charge in [-0.2, -0.15) is 0 Å². The van der Waals surface area contributed by atoms with Crippen LogP contribution in [-0.4, -0.2) is 18.6 Å². The molecule has 2 heteroatoms. The summed E-state index contributed by atoms with van der Waals surface area (Å²) >= 11 is 0. The summed E-state index contributed by atoms with van der Waals surface area (Å²) in [7, 11) is 0. The van der Waals surface area contributed by atoms with Crippen LogP contribution >= 0.6 is 0 Å². The van der Waals surface area contributed by atoms with Crippen molar-refractivity contribution in [2.75, 3.05) is 13.1 Å². The Morgan fingerprint density at radius 3 is 2.86 bits per heavy atom. The molecule has 1 saturated carbocycles. The number of hydrogen-bond acceptors (Lipinski definition) is 2. The second kappa shape index (κ2) is 4.94. The maximum atomic E-state index is 5.93. The molecule has 0 bridgehead atoms. The topological polar surface area (TPSA) is 38.0 Å². The highest BCUT2D eigenvalue weighted by atomic mass is 15.0. The van der Waals surface area contributed by atoms with Crippen molar-refractivity contribution in [3.05, 3.63) is 12.7 Å². The molecule has 0 saturated heterocycles. The van der Waals surface area contributed by atoms with Gasteiger partial charge < -0.3 is 11.1 Å². The highest BCUT2D eigenvalue weighted by Crippen LogP contribution is 2.36. The predicted molar refractivity (Wildman–Crippen MR) is 62.2 cm³/mol. The number of nitrogens with one attached hydrogen (secondary N) is 1. The minimum Gasteiger partial charge on any atom is -0.329 e. The van der Waals surface area contributed by atoms with Crippen LogP contribution in [-0.2, 0) is 0 Å².